The molecule has 1 aliphatic rings. The Morgan fingerprint density at radius 2 is 1.89 bits per heavy atom. The predicted octanol–water partition coefficient (Wildman–Crippen LogP) is 3.00. The van der Waals surface area contributed by atoms with Crippen LogP contribution in [0, 0.1) is 6.92 Å². The fourth-order valence-electron chi connectivity index (χ4n) is 2.93. The van der Waals surface area contributed by atoms with Gasteiger partial charge < -0.3 is 14.6 Å². The molecule has 0 aromatic heterocycles. The summed E-state index contributed by atoms with van der Waals surface area (Å²) in [7, 11) is 3.35. The van der Waals surface area contributed by atoms with Crippen molar-refractivity contribution >= 4 is 0 Å². The van der Waals surface area contributed by atoms with Gasteiger partial charge in [0.15, 0.2) is 0 Å². The average molecular weight is 250 g/mol. The van der Waals surface area contributed by atoms with Gasteiger partial charge in [0.1, 0.15) is 11.9 Å². The monoisotopic (exact) mass is 250 g/mol. The van der Waals surface area contributed by atoms with Crippen LogP contribution in [-0.4, -0.2) is 24.9 Å². The molecular formula is C15H22O3. The van der Waals surface area contributed by atoms with Crippen molar-refractivity contribution in [2.45, 2.75) is 44.3 Å². The highest BCUT2D eigenvalue weighted by Gasteiger charge is 2.42. The molecule has 0 amide bonds. The number of hydrogen-bond acceptors (Lipinski definition) is 3. The molecule has 1 saturated carbocycles. The molecule has 0 heterocycles. The smallest absolute Gasteiger partial charge is 0.119 e. The Morgan fingerprint density at radius 1 is 1.22 bits per heavy atom. The van der Waals surface area contributed by atoms with Gasteiger partial charge in [0.05, 0.1) is 12.7 Å². The Kier molecular flexibility index (Phi) is 3.93. The minimum atomic E-state index is -0.559. The first-order chi connectivity index (χ1) is 8.63. The average Bonchev–Trinajstić information content (AvgIpc) is 2.87. The quantitative estimate of drug-likeness (QED) is 0.892. The van der Waals surface area contributed by atoms with E-state index >= 15 is 0 Å². The highest BCUT2D eigenvalue weighted by molar-refractivity contribution is 5.37. The molecule has 0 saturated heterocycles. The highest BCUT2D eigenvalue weighted by atomic mass is 16.5. The van der Waals surface area contributed by atoms with Crippen LogP contribution in [0.1, 0.15) is 42.9 Å². The van der Waals surface area contributed by atoms with Crippen LogP contribution >= 0.6 is 0 Å². The summed E-state index contributed by atoms with van der Waals surface area (Å²) < 4.78 is 10.8. The van der Waals surface area contributed by atoms with E-state index < -0.39 is 11.7 Å². The Bertz CT molecular complexity index is 408. The lowest BCUT2D eigenvalue weighted by Gasteiger charge is -2.34. The maximum Gasteiger partial charge on any atom is 0.119 e. The van der Waals surface area contributed by atoms with Crippen LogP contribution in [0.25, 0.3) is 0 Å². The normalized spacial score (nSPS) is 19.8. The lowest BCUT2D eigenvalue weighted by Crippen LogP contribution is -2.35. The lowest BCUT2D eigenvalue weighted by molar-refractivity contribution is -0.100. The summed E-state index contributed by atoms with van der Waals surface area (Å²) in [4.78, 5) is 0. The molecule has 1 atom stereocenters. The van der Waals surface area contributed by atoms with E-state index in [4.69, 9.17) is 9.47 Å². The summed E-state index contributed by atoms with van der Waals surface area (Å²) in [5.41, 5.74) is 1.59. The van der Waals surface area contributed by atoms with Gasteiger partial charge in [0, 0.05) is 7.11 Å². The summed E-state index contributed by atoms with van der Waals surface area (Å²) in [5.74, 6) is 0.821. The van der Waals surface area contributed by atoms with Gasteiger partial charge in [-0.05, 0) is 43.0 Å². The molecule has 1 fully saturated rings. The first-order valence-electron chi connectivity index (χ1n) is 6.51. The summed E-state index contributed by atoms with van der Waals surface area (Å²) in [6.45, 7) is 2.00. The molecule has 1 aromatic rings. The van der Waals surface area contributed by atoms with Crippen molar-refractivity contribution in [3.05, 3.63) is 29.3 Å². The van der Waals surface area contributed by atoms with Crippen LogP contribution in [0.3, 0.4) is 0 Å². The lowest BCUT2D eigenvalue weighted by atomic mass is 9.87. The van der Waals surface area contributed by atoms with Crippen LogP contribution in [0.5, 0.6) is 5.75 Å². The molecule has 1 unspecified atom stereocenters. The summed E-state index contributed by atoms with van der Waals surface area (Å²) in [5, 5.41) is 10.6. The van der Waals surface area contributed by atoms with Gasteiger partial charge in [-0.25, -0.2) is 0 Å². The van der Waals surface area contributed by atoms with Gasteiger partial charge in [-0.3, -0.25) is 0 Å². The van der Waals surface area contributed by atoms with Crippen LogP contribution in [0.4, 0.5) is 0 Å². The number of hydrogen-bond donors (Lipinski definition) is 1. The molecule has 0 radical (unpaired) electrons. The van der Waals surface area contributed by atoms with E-state index in [1.807, 2.05) is 25.1 Å². The Morgan fingerprint density at radius 3 is 2.39 bits per heavy atom. The number of rotatable bonds is 4. The van der Waals surface area contributed by atoms with Crippen LogP contribution in [0.2, 0.25) is 0 Å². The van der Waals surface area contributed by atoms with Crippen LogP contribution in [-0.2, 0) is 4.74 Å². The second-order valence-corrected chi connectivity index (χ2v) is 5.10. The van der Waals surface area contributed by atoms with Crippen molar-refractivity contribution in [3.63, 3.8) is 0 Å². The molecule has 1 aliphatic carbocycles. The van der Waals surface area contributed by atoms with Gasteiger partial charge in [0.25, 0.3) is 0 Å². The van der Waals surface area contributed by atoms with Gasteiger partial charge in [-0.2, -0.15) is 0 Å². The fraction of sp³-hybridized carbons (Fsp3) is 0.600. The van der Waals surface area contributed by atoms with Crippen molar-refractivity contribution in [2.75, 3.05) is 14.2 Å². The second kappa shape index (κ2) is 5.29. The summed E-state index contributed by atoms with van der Waals surface area (Å²) in [6.07, 6.45) is 3.54. The molecule has 3 heteroatoms. The fourth-order valence-corrected chi connectivity index (χ4v) is 2.93. The van der Waals surface area contributed by atoms with Crippen molar-refractivity contribution < 1.29 is 14.6 Å². The molecule has 3 nitrogen and oxygen atoms in total. The zero-order valence-electron chi connectivity index (χ0n) is 11.4. The van der Waals surface area contributed by atoms with Crippen LogP contribution < -0.4 is 4.74 Å². The Hall–Kier alpha value is -1.06. The summed E-state index contributed by atoms with van der Waals surface area (Å²) >= 11 is 0. The third kappa shape index (κ3) is 2.25. The van der Waals surface area contributed by atoms with Crippen LogP contribution in [0.15, 0.2) is 18.2 Å². The zero-order chi connectivity index (χ0) is 13.2. The summed E-state index contributed by atoms with van der Waals surface area (Å²) in [6, 6.07) is 5.79. The maximum absolute atomic E-state index is 10.6. The minimum Gasteiger partial charge on any atom is -0.497 e. The maximum atomic E-state index is 10.6. The van der Waals surface area contributed by atoms with Gasteiger partial charge in [-0.1, -0.05) is 18.9 Å². The molecule has 18 heavy (non-hydrogen) atoms. The number of aryl methyl sites for hydroxylation is 1. The number of aliphatic hydroxyl groups excluding tert-OH is 1. The van der Waals surface area contributed by atoms with E-state index in [-0.39, 0.29) is 0 Å². The van der Waals surface area contributed by atoms with Crippen molar-refractivity contribution in [2.24, 2.45) is 0 Å². The van der Waals surface area contributed by atoms with Crippen molar-refractivity contribution in [1.29, 1.82) is 0 Å². The van der Waals surface area contributed by atoms with Crippen molar-refractivity contribution in [3.8, 4) is 5.75 Å². The van der Waals surface area contributed by atoms with Gasteiger partial charge in [-0.15, -0.1) is 0 Å². The first kappa shape index (κ1) is 13.4. The van der Waals surface area contributed by atoms with Crippen molar-refractivity contribution in [1.82, 2.24) is 0 Å². The molecule has 1 N–H and O–H groups in total. The van der Waals surface area contributed by atoms with E-state index in [1.165, 1.54) is 0 Å². The predicted molar refractivity (Wildman–Crippen MR) is 70.9 cm³/mol. The topological polar surface area (TPSA) is 38.7 Å². The Balaban J connectivity index is 2.30. The minimum absolute atomic E-state index is 0.403. The number of aliphatic hydroxyl groups is 1. The van der Waals surface area contributed by atoms with E-state index in [0.29, 0.717) is 0 Å². The first-order valence-corrected chi connectivity index (χ1v) is 6.51. The second-order valence-electron chi connectivity index (χ2n) is 5.10. The third-order valence-corrected chi connectivity index (χ3v) is 4.13. The SMILES string of the molecule is COc1ccc(C(O)C2(OC)CCCC2)c(C)c1. The van der Waals surface area contributed by atoms with Gasteiger partial charge >= 0.3 is 0 Å². The number of ether oxygens (including phenoxy) is 2. The van der Waals surface area contributed by atoms with E-state index in [9.17, 15) is 5.11 Å². The standard InChI is InChI=1S/C15H22O3/c1-11-10-12(17-2)6-7-13(11)14(16)15(18-3)8-4-5-9-15/h6-7,10,14,16H,4-5,8-9H2,1-3H3. The zero-order valence-corrected chi connectivity index (χ0v) is 11.4. The molecule has 0 bridgehead atoms. The van der Waals surface area contributed by atoms with E-state index in [1.54, 1.807) is 14.2 Å². The third-order valence-electron chi connectivity index (χ3n) is 4.13. The largest absolute Gasteiger partial charge is 0.497 e. The molecule has 0 aliphatic heterocycles. The molecular weight excluding hydrogens is 228 g/mol. The number of methoxy groups -OCH3 is 2. The molecule has 2 rings (SSSR count). The van der Waals surface area contributed by atoms with E-state index in [0.717, 1.165) is 42.6 Å². The molecule has 1 aromatic carbocycles. The number of benzene rings is 1. The highest BCUT2D eigenvalue weighted by Crippen LogP contribution is 2.43. The van der Waals surface area contributed by atoms with Gasteiger partial charge in [0.2, 0.25) is 0 Å². The molecule has 0 spiro atoms. The molecule has 100 valence electrons. The van der Waals surface area contributed by atoms with E-state index in [2.05, 4.69) is 0 Å². The Labute approximate surface area is 109 Å².